The van der Waals surface area contributed by atoms with E-state index in [1.807, 2.05) is 0 Å². The summed E-state index contributed by atoms with van der Waals surface area (Å²) >= 11 is 0. The van der Waals surface area contributed by atoms with E-state index in [0.29, 0.717) is 22.7 Å². The number of rotatable bonds is 7. The fraction of sp³-hybridized carbons (Fsp3) is 0.167. The van der Waals surface area contributed by atoms with Crippen LogP contribution < -0.4 is 5.69 Å². The van der Waals surface area contributed by atoms with Crippen molar-refractivity contribution >= 4 is 11.2 Å². The minimum atomic E-state index is -2.08. The van der Waals surface area contributed by atoms with E-state index in [1.165, 1.54) is 47.0 Å². The molecule has 0 spiro atoms. The van der Waals surface area contributed by atoms with Crippen molar-refractivity contribution in [2.45, 2.75) is 25.1 Å². The van der Waals surface area contributed by atoms with Crippen LogP contribution in [-0.4, -0.2) is 39.0 Å². The molecule has 0 aliphatic carbocycles. The van der Waals surface area contributed by atoms with Gasteiger partial charge in [-0.15, -0.1) is 0 Å². The van der Waals surface area contributed by atoms with Crippen molar-refractivity contribution in [1.29, 1.82) is 0 Å². The van der Waals surface area contributed by atoms with E-state index in [0.717, 1.165) is 16.8 Å². The molecular formula is C24H19F2N7O4. The summed E-state index contributed by atoms with van der Waals surface area (Å²) in [4.78, 5) is 27.7. The molecule has 5 aromatic rings. The first-order valence-electron chi connectivity index (χ1n) is 11.0. The van der Waals surface area contributed by atoms with Gasteiger partial charge in [-0.05, 0) is 36.8 Å². The van der Waals surface area contributed by atoms with Crippen molar-refractivity contribution in [3.63, 3.8) is 0 Å². The molecule has 188 valence electrons. The van der Waals surface area contributed by atoms with Gasteiger partial charge >= 0.3 is 5.69 Å². The number of nitro groups is 1. The second kappa shape index (κ2) is 9.02. The van der Waals surface area contributed by atoms with Gasteiger partial charge < -0.3 is 5.11 Å². The highest BCUT2D eigenvalue weighted by Crippen LogP contribution is 2.36. The number of benzene rings is 2. The molecule has 2 aromatic carbocycles. The van der Waals surface area contributed by atoms with Crippen molar-refractivity contribution in [2.24, 2.45) is 0 Å². The Morgan fingerprint density at radius 2 is 1.86 bits per heavy atom. The summed E-state index contributed by atoms with van der Waals surface area (Å²) in [5, 5.41) is 30.9. The highest BCUT2D eigenvalue weighted by Gasteiger charge is 2.41. The minimum Gasteiger partial charge on any atom is -0.381 e. The largest absolute Gasteiger partial charge is 0.381 e. The van der Waals surface area contributed by atoms with Crippen LogP contribution in [-0.2, 0) is 12.1 Å². The van der Waals surface area contributed by atoms with Gasteiger partial charge in [-0.25, -0.2) is 27.9 Å². The van der Waals surface area contributed by atoms with Gasteiger partial charge in [0.2, 0.25) is 0 Å². The lowest BCUT2D eigenvalue weighted by molar-refractivity contribution is -0.384. The highest BCUT2D eigenvalue weighted by molar-refractivity contribution is 5.70. The fourth-order valence-corrected chi connectivity index (χ4v) is 4.27. The molecule has 0 amide bonds. The Kier molecular flexibility index (Phi) is 5.84. The zero-order valence-corrected chi connectivity index (χ0v) is 19.3. The lowest BCUT2D eigenvalue weighted by Crippen LogP contribution is -2.45. The van der Waals surface area contributed by atoms with E-state index in [-0.39, 0.29) is 17.8 Å². The van der Waals surface area contributed by atoms with E-state index in [2.05, 4.69) is 15.2 Å². The van der Waals surface area contributed by atoms with Gasteiger partial charge in [0.1, 0.15) is 29.9 Å². The summed E-state index contributed by atoms with van der Waals surface area (Å²) in [5.41, 5.74) is -1.32. The smallest absolute Gasteiger partial charge is 0.349 e. The molecule has 0 radical (unpaired) electrons. The van der Waals surface area contributed by atoms with Crippen molar-refractivity contribution in [1.82, 2.24) is 28.9 Å². The molecule has 0 fully saturated rings. The van der Waals surface area contributed by atoms with E-state index in [4.69, 9.17) is 0 Å². The predicted octanol–water partition coefficient (Wildman–Crippen LogP) is 3.09. The zero-order chi connectivity index (χ0) is 26.3. The van der Waals surface area contributed by atoms with E-state index in [1.54, 1.807) is 24.4 Å². The van der Waals surface area contributed by atoms with E-state index in [9.17, 15) is 28.8 Å². The quantitative estimate of drug-likeness (QED) is 0.264. The van der Waals surface area contributed by atoms with Gasteiger partial charge in [0.05, 0.1) is 29.2 Å². The third kappa shape index (κ3) is 4.25. The topological polar surface area (TPSA) is 133 Å². The third-order valence-electron chi connectivity index (χ3n) is 6.30. The van der Waals surface area contributed by atoms with Crippen molar-refractivity contribution in [3.8, 4) is 11.1 Å². The summed E-state index contributed by atoms with van der Waals surface area (Å²) in [6.07, 6.45) is 5.51. The fourth-order valence-electron chi connectivity index (χ4n) is 4.27. The molecule has 0 bridgehead atoms. The summed E-state index contributed by atoms with van der Waals surface area (Å²) in [6.45, 7) is 1.18. The normalized spacial score (nSPS) is 13.9. The maximum Gasteiger partial charge on any atom is 0.349 e. The van der Waals surface area contributed by atoms with Gasteiger partial charge in [0.25, 0.3) is 5.69 Å². The number of hydrogen-bond acceptors (Lipinski definition) is 7. The Labute approximate surface area is 207 Å². The molecule has 37 heavy (non-hydrogen) atoms. The molecule has 13 heteroatoms. The molecule has 0 aliphatic heterocycles. The minimum absolute atomic E-state index is 0.0648. The Bertz CT molecular complexity index is 1670. The number of aromatic nitrogens is 6. The number of fused-ring (bicyclic) bond motifs is 1. The van der Waals surface area contributed by atoms with Crippen LogP contribution in [0.25, 0.3) is 16.6 Å². The van der Waals surface area contributed by atoms with Crippen molar-refractivity contribution in [2.75, 3.05) is 0 Å². The summed E-state index contributed by atoms with van der Waals surface area (Å²) < 4.78 is 32.1. The van der Waals surface area contributed by atoms with E-state index < -0.39 is 33.9 Å². The summed E-state index contributed by atoms with van der Waals surface area (Å²) in [6, 6.07) is 9.17. The molecule has 11 nitrogen and oxygen atoms in total. The first-order valence-corrected chi connectivity index (χ1v) is 11.0. The van der Waals surface area contributed by atoms with Gasteiger partial charge in [0.15, 0.2) is 0 Å². The third-order valence-corrected chi connectivity index (χ3v) is 6.30. The Morgan fingerprint density at radius 1 is 1.11 bits per heavy atom. The highest BCUT2D eigenvalue weighted by atomic mass is 19.1. The average Bonchev–Trinajstić information content (AvgIpc) is 3.54. The molecule has 2 unspecified atom stereocenters. The van der Waals surface area contributed by atoms with E-state index >= 15 is 0 Å². The van der Waals surface area contributed by atoms with Crippen LogP contribution in [0.3, 0.4) is 0 Å². The van der Waals surface area contributed by atoms with Crippen LogP contribution >= 0.6 is 0 Å². The van der Waals surface area contributed by atoms with Gasteiger partial charge in [-0.1, -0.05) is 6.07 Å². The monoisotopic (exact) mass is 507 g/mol. The molecule has 0 saturated heterocycles. The zero-order valence-electron chi connectivity index (χ0n) is 19.3. The molecule has 5 rings (SSSR count). The number of hydrogen-bond donors (Lipinski definition) is 1. The second-order valence-corrected chi connectivity index (χ2v) is 8.52. The molecule has 3 aromatic heterocycles. The molecular weight excluding hydrogens is 488 g/mol. The molecule has 0 saturated carbocycles. The van der Waals surface area contributed by atoms with Crippen molar-refractivity contribution in [3.05, 3.63) is 111 Å². The first kappa shape index (κ1) is 23.9. The molecule has 3 heterocycles. The standard InChI is InChI=1S/C24H19F2N7O4/c1-15(24(35,12-30-14-27-13-29-30)21-7-4-18(25)9-22(21)26)32-23(34)31-11-17(8-20(31)10-28-32)16-2-5-19(6-3-16)33(36)37/h2-11,13-15,35H,12H2,1H3. The molecule has 2 atom stereocenters. The van der Waals surface area contributed by atoms with Crippen LogP contribution in [0.4, 0.5) is 14.5 Å². The number of nitro benzene ring substituents is 1. The van der Waals surface area contributed by atoms with Gasteiger partial charge in [-0.3, -0.25) is 14.5 Å². The Hall–Kier alpha value is -4.78. The Balaban J connectivity index is 1.59. The number of aliphatic hydroxyl groups is 1. The number of nitrogens with zero attached hydrogens (tertiary/aromatic N) is 7. The Morgan fingerprint density at radius 3 is 2.51 bits per heavy atom. The maximum atomic E-state index is 14.9. The van der Waals surface area contributed by atoms with Crippen LogP contribution in [0.15, 0.2) is 78.4 Å². The predicted molar refractivity (Wildman–Crippen MR) is 127 cm³/mol. The number of non-ortho nitro benzene ring substituents is 1. The maximum absolute atomic E-state index is 14.9. The average molecular weight is 507 g/mol. The van der Waals surface area contributed by atoms with Crippen molar-refractivity contribution < 1.29 is 18.8 Å². The first-order chi connectivity index (χ1) is 17.7. The lowest BCUT2D eigenvalue weighted by atomic mass is 9.86. The molecule has 1 N–H and O–H groups in total. The van der Waals surface area contributed by atoms with Crippen LogP contribution in [0.1, 0.15) is 18.5 Å². The summed E-state index contributed by atoms with van der Waals surface area (Å²) in [7, 11) is 0. The van der Waals surface area contributed by atoms with Gasteiger partial charge in [-0.2, -0.15) is 10.2 Å². The van der Waals surface area contributed by atoms with Crippen LogP contribution in [0.5, 0.6) is 0 Å². The molecule has 0 aliphatic rings. The lowest BCUT2D eigenvalue weighted by Gasteiger charge is -2.34. The second-order valence-electron chi connectivity index (χ2n) is 8.52. The van der Waals surface area contributed by atoms with Crippen LogP contribution in [0.2, 0.25) is 0 Å². The van der Waals surface area contributed by atoms with Gasteiger partial charge in [0, 0.05) is 35.5 Å². The number of halogens is 2. The summed E-state index contributed by atoms with van der Waals surface area (Å²) in [5.74, 6) is -1.81. The SMILES string of the molecule is CC(n1ncc2cc(-c3ccc([N+](=O)[O-])cc3)cn2c1=O)C(O)(Cn1cncn1)c1ccc(F)cc1F. The van der Waals surface area contributed by atoms with Crippen LogP contribution in [0, 0.1) is 21.7 Å².